The van der Waals surface area contributed by atoms with Gasteiger partial charge >= 0.3 is 0 Å². The van der Waals surface area contributed by atoms with Crippen LogP contribution in [0.4, 0.5) is 0 Å². The quantitative estimate of drug-likeness (QED) is 0.312. The molecule has 1 unspecified atom stereocenters. The number of carbonyl (C=O) groups excluding carboxylic acids is 2. The maximum absolute atomic E-state index is 11.5. The topological polar surface area (TPSA) is 87.5 Å². The molecular formula is C10H22N4O2. The molecule has 0 aliphatic heterocycles. The molecule has 0 spiro atoms. The molecule has 0 rings (SSSR count). The van der Waals surface area contributed by atoms with Crippen LogP contribution in [-0.2, 0) is 9.59 Å². The van der Waals surface area contributed by atoms with Gasteiger partial charge in [0.15, 0.2) is 0 Å². The minimum atomic E-state index is -0.421. The summed E-state index contributed by atoms with van der Waals surface area (Å²) in [4.78, 5) is 24.3. The lowest BCUT2D eigenvalue weighted by Crippen LogP contribution is -2.49. The predicted molar refractivity (Wildman–Crippen MR) is 62.3 cm³/mol. The van der Waals surface area contributed by atoms with Gasteiger partial charge in [-0.05, 0) is 19.9 Å². The smallest absolute Gasteiger partial charge is 0.250 e. The average Bonchev–Trinajstić information content (AvgIpc) is 2.24. The van der Waals surface area contributed by atoms with E-state index in [1.807, 2.05) is 13.8 Å². The highest BCUT2D eigenvalue weighted by molar-refractivity contribution is 5.82. The van der Waals surface area contributed by atoms with Crippen LogP contribution >= 0.6 is 0 Å². The Morgan fingerprint density at radius 3 is 2.31 bits per heavy atom. The first-order valence-electron chi connectivity index (χ1n) is 5.35. The van der Waals surface area contributed by atoms with Gasteiger partial charge in [0.25, 0.3) is 5.91 Å². The second-order valence-corrected chi connectivity index (χ2v) is 4.30. The van der Waals surface area contributed by atoms with Crippen LogP contribution in [0.1, 0.15) is 20.8 Å². The summed E-state index contributed by atoms with van der Waals surface area (Å²) in [5.41, 5.74) is 2.06. The van der Waals surface area contributed by atoms with Crippen LogP contribution in [0.3, 0.4) is 0 Å². The molecule has 1 atom stereocenters. The van der Waals surface area contributed by atoms with E-state index in [9.17, 15) is 9.59 Å². The second kappa shape index (κ2) is 7.19. The Bertz CT molecular complexity index is 243. The van der Waals surface area contributed by atoms with Crippen LogP contribution in [0.5, 0.6) is 0 Å². The van der Waals surface area contributed by atoms with E-state index in [-0.39, 0.29) is 18.4 Å². The van der Waals surface area contributed by atoms with Gasteiger partial charge < -0.3 is 5.32 Å². The summed E-state index contributed by atoms with van der Waals surface area (Å²) < 4.78 is 0. The van der Waals surface area contributed by atoms with E-state index in [0.29, 0.717) is 12.5 Å². The van der Waals surface area contributed by atoms with Crippen LogP contribution in [-0.4, -0.2) is 42.9 Å². The van der Waals surface area contributed by atoms with E-state index >= 15 is 0 Å². The zero-order valence-corrected chi connectivity index (χ0v) is 10.4. The van der Waals surface area contributed by atoms with E-state index in [0.717, 1.165) is 0 Å². The average molecular weight is 230 g/mol. The Kier molecular flexibility index (Phi) is 6.67. The second-order valence-electron chi connectivity index (χ2n) is 4.30. The highest BCUT2D eigenvalue weighted by Crippen LogP contribution is 1.95. The fraction of sp³-hybridized carbons (Fsp3) is 0.800. The molecule has 6 heteroatoms. The number of amides is 2. The van der Waals surface area contributed by atoms with Gasteiger partial charge in [-0.25, -0.2) is 5.84 Å². The van der Waals surface area contributed by atoms with Crippen molar-refractivity contribution in [3.05, 3.63) is 0 Å². The van der Waals surface area contributed by atoms with E-state index in [4.69, 9.17) is 5.84 Å². The Morgan fingerprint density at radius 2 is 1.88 bits per heavy atom. The van der Waals surface area contributed by atoms with E-state index in [1.165, 1.54) is 0 Å². The van der Waals surface area contributed by atoms with Crippen molar-refractivity contribution in [3.63, 3.8) is 0 Å². The first kappa shape index (κ1) is 14.9. The molecule has 0 saturated heterocycles. The van der Waals surface area contributed by atoms with E-state index in [2.05, 4.69) is 10.7 Å². The first-order valence-corrected chi connectivity index (χ1v) is 5.35. The predicted octanol–water partition coefficient (Wildman–Crippen LogP) is -0.931. The van der Waals surface area contributed by atoms with Gasteiger partial charge in [0.05, 0.1) is 12.6 Å². The van der Waals surface area contributed by atoms with Gasteiger partial charge in [-0.3, -0.25) is 19.9 Å². The fourth-order valence-electron chi connectivity index (χ4n) is 1.06. The SMILES string of the molecule is CC(C)CNC(=O)CN(C)C(C)C(=O)NN. The van der Waals surface area contributed by atoms with Crippen molar-refractivity contribution in [3.8, 4) is 0 Å². The van der Waals surface area contributed by atoms with Gasteiger partial charge in [0.2, 0.25) is 5.91 Å². The lowest BCUT2D eigenvalue weighted by Gasteiger charge is -2.22. The van der Waals surface area contributed by atoms with Gasteiger partial charge in [-0.2, -0.15) is 0 Å². The monoisotopic (exact) mass is 230 g/mol. The van der Waals surface area contributed by atoms with Crippen molar-refractivity contribution in [1.29, 1.82) is 0 Å². The van der Waals surface area contributed by atoms with Crippen LogP contribution < -0.4 is 16.6 Å². The summed E-state index contributed by atoms with van der Waals surface area (Å²) in [6, 6.07) is -0.421. The summed E-state index contributed by atoms with van der Waals surface area (Å²) >= 11 is 0. The van der Waals surface area contributed by atoms with Crippen molar-refractivity contribution >= 4 is 11.8 Å². The zero-order valence-electron chi connectivity index (χ0n) is 10.4. The molecule has 4 N–H and O–H groups in total. The maximum Gasteiger partial charge on any atom is 0.250 e. The third-order valence-electron chi connectivity index (χ3n) is 2.28. The third kappa shape index (κ3) is 5.67. The number of nitrogens with one attached hydrogen (secondary N) is 2. The summed E-state index contributed by atoms with van der Waals surface area (Å²) in [5.74, 6) is 5.03. The lowest BCUT2D eigenvalue weighted by atomic mass is 10.2. The molecule has 0 aromatic rings. The molecule has 94 valence electrons. The third-order valence-corrected chi connectivity index (χ3v) is 2.28. The largest absolute Gasteiger partial charge is 0.355 e. The van der Waals surface area contributed by atoms with Crippen LogP contribution in [0, 0.1) is 5.92 Å². The van der Waals surface area contributed by atoms with Crippen LogP contribution in [0.25, 0.3) is 0 Å². The summed E-state index contributed by atoms with van der Waals surface area (Å²) in [6.45, 7) is 6.56. The molecule has 0 aliphatic carbocycles. The van der Waals surface area contributed by atoms with Gasteiger partial charge in [-0.15, -0.1) is 0 Å². The van der Waals surface area contributed by atoms with Crippen LogP contribution in [0.2, 0.25) is 0 Å². The standard InChI is InChI=1S/C10H22N4O2/c1-7(2)5-12-9(15)6-14(4)8(3)10(16)13-11/h7-8H,5-6,11H2,1-4H3,(H,12,15)(H,13,16). The minimum Gasteiger partial charge on any atom is -0.355 e. The van der Waals surface area contributed by atoms with Crippen LogP contribution in [0.15, 0.2) is 0 Å². The number of nitrogens with two attached hydrogens (primary N) is 1. The van der Waals surface area contributed by atoms with Crippen molar-refractivity contribution in [2.75, 3.05) is 20.1 Å². The molecule has 0 heterocycles. The number of rotatable bonds is 6. The first-order chi connectivity index (χ1) is 7.38. The molecule has 16 heavy (non-hydrogen) atoms. The maximum atomic E-state index is 11.5. The van der Waals surface area contributed by atoms with Gasteiger partial charge in [0, 0.05) is 6.54 Å². The number of hydrogen-bond acceptors (Lipinski definition) is 4. The number of hydrazine groups is 1. The zero-order chi connectivity index (χ0) is 12.7. The summed E-state index contributed by atoms with van der Waals surface area (Å²) in [6.07, 6.45) is 0. The van der Waals surface area contributed by atoms with Gasteiger partial charge in [-0.1, -0.05) is 13.8 Å². The number of carbonyl (C=O) groups is 2. The fourth-order valence-corrected chi connectivity index (χ4v) is 1.06. The molecule has 2 amide bonds. The Hall–Kier alpha value is -1.14. The Morgan fingerprint density at radius 1 is 1.31 bits per heavy atom. The summed E-state index contributed by atoms with van der Waals surface area (Å²) in [7, 11) is 1.70. The van der Waals surface area contributed by atoms with Crippen molar-refractivity contribution < 1.29 is 9.59 Å². The molecule has 0 fully saturated rings. The minimum absolute atomic E-state index is 0.0899. The van der Waals surface area contributed by atoms with Crippen molar-refractivity contribution in [2.24, 2.45) is 11.8 Å². The number of hydrogen-bond donors (Lipinski definition) is 3. The van der Waals surface area contributed by atoms with E-state index in [1.54, 1.807) is 18.9 Å². The number of nitrogens with zero attached hydrogens (tertiary/aromatic N) is 1. The Labute approximate surface area is 96.5 Å². The molecule has 0 saturated carbocycles. The Balaban J connectivity index is 3.99. The highest BCUT2D eigenvalue weighted by Gasteiger charge is 2.18. The molecule has 0 aliphatic rings. The lowest BCUT2D eigenvalue weighted by molar-refractivity contribution is -0.127. The number of likely N-dealkylation sites (N-methyl/N-ethyl adjacent to an activating group) is 1. The van der Waals surface area contributed by atoms with E-state index < -0.39 is 6.04 Å². The summed E-state index contributed by atoms with van der Waals surface area (Å²) in [5, 5.41) is 2.78. The molecule has 0 bridgehead atoms. The molecule has 0 aromatic carbocycles. The highest BCUT2D eigenvalue weighted by atomic mass is 16.2. The van der Waals surface area contributed by atoms with Crippen molar-refractivity contribution in [2.45, 2.75) is 26.8 Å². The van der Waals surface area contributed by atoms with Crippen molar-refractivity contribution in [1.82, 2.24) is 15.6 Å². The molecule has 6 nitrogen and oxygen atoms in total. The molecular weight excluding hydrogens is 208 g/mol. The molecule has 0 radical (unpaired) electrons. The molecule has 0 aromatic heterocycles. The normalized spacial score (nSPS) is 12.7. The van der Waals surface area contributed by atoms with Gasteiger partial charge in [0.1, 0.15) is 0 Å².